The Morgan fingerprint density at radius 3 is 1.33 bits per heavy atom. The highest BCUT2D eigenvalue weighted by atomic mass is 16.4. The fourth-order valence-corrected chi connectivity index (χ4v) is 8.05. The summed E-state index contributed by atoms with van der Waals surface area (Å²) in [4.78, 5) is 114. The fraction of sp³-hybridized carbons (Fsp3) is 0.510. The van der Waals surface area contributed by atoms with E-state index in [1.54, 1.807) is 18.5 Å². The van der Waals surface area contributed by atoms with E-state index < -0.39 is 115 Å². The van der Waals surface area contributed by atoms with Crippen LogP contribution in [0.4, 0.5) is 0 Å². The molecule has 73 heavy (non-hydrogen) atoms. The van der Waals surface area contributed by atoms with Gasteiger partial charge in [0.2, 0.25) is 41.4 Å². The van der Waals surface area contributed by atoms with Crippen LogP contribution in [-0.4, -0.2) is 159 Å². The number of aliphatic carboxylic acids is 1. The molecule has 0 radical (unpaired) electrons. The van der Waals surface area contributed by atoms with Crippen molar-refractivity contribution in [3.05, 3.63) is 72.1 Å². The number of carboxylic acid groups (broad SMARTS) is 1. The zero-order valence-corrected chi connectivity index (χ0v) is 41.2. The first-order valence-electron chi connectivity index (χ1n) is 24.4. The highest BCUT2D eigenvalue weighted by Crippen LogP contribution is 2.21. The SMILES string of the molecule is CC(C)C[C@H](NC(=O)[C@@H](Cc1c[nH]c2ccccc12)NC(=O)[C@H](CCCCN)NC(=O)[C@@H](CO)NC(=O)[C@H](CO)NC(=O)[C@@H](CO)NC(=O)[C@@H](N)CCCCN)C(=O)N[C@H](Cc1c[nH]c2ccccc12)C(=O)O. The second-order valence-corrected chi connectivity index (χ2v) is 18.2. The van der Waals surface area contributed by atoms with Crippen LogP contribution in [0.25, 0.3) is 21.8 Å². The number of para-hydroxylation sites is 2. The number of carbonyl (C=O) groups is 8. The number of benzene rings is 2. The highest BCUT2D eigenvalue weighted by Gasteiger charge is 2.35. The molecule has 0 bridgehead atoms. The average molecular weight is 1020 g/mol. The lowest BCUT2D eigenvalue weighted by Gasteiger charge is -2.28. The number of fused-ring (bicyclic) bond motifs is 2. The summed E-state index contributed by atoms with van der Waals surface area (Å²) in [6.45, 7) is 1.30. The summed E-state index contributed by atoms with van der Waals surface area (Å²) >= 11 is 0. The summed E-state index contributed by atoms with van der Waals surface area (Å²) in [5.41, 5.74) is 19.9. The zero-order chi connectivity index (χ0) is 53.6. The van der Waals surface area contributed by atoms with Crippen LogP contribution in [0.2, 0.25) is 0 Å². The van der Waals surface area contributed by atoms with Gasteiger partial charge in [-0.05, 0) is 80.8 Å². The Morgan fingerprint density at radius 2 is 0.863 bits per heavy atom. The van der Waals surface area contributed by atoms with Crippen LogP contribution >= 0.6 is 0 Å². The van der Waals surface area contributed by atoms with Crippen LogP contribution < -0.4 is 54.4 Å². The molecule has 24 heteroatoms. The first-order chi connectivity index (χ1) is 34.9. The summed E-state index contributed by atoms with van der Waals surface area (Å²) in [5, 5.41) is 59.1. The lowest BCUT2D eigenvalue weighted by molar-refractivity contribution is -0.142. The van der Waals surface area contributed by atoms with Crippen LogP contribution in [0.15, 0.2) is 60.9 Å². The molecule has 7 amide bonds. The number of rotatable bonds is 32. The van der Waals surface area contributed by atoms with Gasteiger partial charge in [0.1, 0.15) is 42.3 Å². The van der Waals surface area contributed by atoms with E-state index in [2.05, 4.69) is 47.2 Å². The number of nitrogens with one attached hydrogen (secondary N) is 9. The first-order valence-corrected chi connectivity index (χ1v) is 24.4. The molecule has 0 fully saturated rings. The van der Waals surface area contributed by atoms with Gasteiger partial charge in [-0.25, -0.2) is 4.79 Å². The molecule has 0 aliphatic heterocycles. The third kappa shape index (κ3) is 17.6. The van der Waals surface area contributed by atoms with E-state index in [-0.39, 0.29) is 44.6 Å². The molecule has 24 nitrogen and oxygen atoms in total. The van der Waals surface area contributed by atoms with Gasteiger partial charge in [0, 0.05) is 47.0 Å². The minimum atomic E-state index is -1.76. The number of hydrogen-bond donors (Lipinski definition) is 16. The van der Waals surface area contributed by atoms with Crippen molar-refractivity contribution in [3.63, 3.8) is 0 Å². The number of nitrogens with two attached hydrogens (primary N) is 3. The third-order valence-electron chi connectivity index (χ3n) is 12.1. The maximum Gasteiger partial charge on any atom is 0.326 e. The van der Waals surface area contributed by atoms with Crippen LogP contribution in [0.1, 0.15) is 69.9 Å². The Hall–Kier alpha value is -6.96. The van der Waals surface area contributed by atoms with Crippen molar-refractivity contribution in [2.75, 3.05) is 32.9 Å². The van der Waals surface area contributed by atoms with Crippen molar-refractivity contribution < 1.29 is 58.8 Å². The van der Waals surface area contributed by atoms with Gasteiger partial charge in [-0.3, -0.25) is 33.6 Å². The number of amides is 7. The highest BCUT2D eigenvalue weighted by molar-refractivity contribution is 5.98. The summed E-state index contributed by atoms with van der Waals surface area (Å²) in [6, 6.07) is 2.98. The van der Waals surface area contributed by atoms with Crippen LogP contribution in [0, 0.1) is 5.92 Å². The molecule has 0 unspecified atom stereocenters. The number of carbonyl (C=O) groups excluding carboxylic acids is 7. The topological polar surface area (TPSA) is 411 Å². The van der Waals surface area contributed by atoms with E-state index in [9.17, 15) is 58.8 Å². The average Bonchev–Trinajstić information content (AvgIpc) is 3.98. The predicted octanol–water partition coefficient (Wildman–Crippen LogP) is -2.48. The van der Waals surface area contributed by atoms with Gasteiger partial charge in [-0.15, -0.1) is 0 Å². The molecule has 0 saturated carbocycles. The van der Waals surface area contributed by atoms with Crippen molar-refractivity contribution in [3.8, 4) is 0 Å². The molecule has 0 saturated heterocycles. The number of aromatic nitrogens is 2. The molecule has 4 aromatic rings. The van der Waals surface area contributed by atoms with E-state index in [0.29, 0.717) is 43.4 Å². The van der Waals surface area contributed by atoms with Gasteiger partial charge in [0.25, 0.3) is 0 Å². The number of aromatic amines is 2. The van der Waals surface area contributed by atoms with Gasteiger partial charge in [0.05, 0.1) is 25.9 Å². The molecule has 400 valence electrons. The Labute approximate surface area is 422 Å². The van der Waals surface area contributed by atoms with Crippen molar-refractivity contribution in [1.29, 1.82) is 0 Å². The molecule has 2 aromatic carbocycles. The molecule has 0 aliphatic rings. The van der Waals surface area contributed by atoms with Crippen molar-refractivity contribution in [2.24, 2.45) is 23.1 Å². The zero-order valence-electron chi connectivity index (χ0n) is 41.2. The van der Waals surface area contributed by atoms with Gasteiger partial charge in [-0.2, -0.15) is 0 Å². The smallest absolute Gasteiger partial charge is 0.326 e. The van der Waals surface area contributed by atoms with Crippen molar-refractivity contribution in [1.82, 2.24) is 47.2 Å². The van der Waals surface area contributed by atoms with E-state index in [1.807, 2.05) is 56.3 Å². The largest absolute Gasteiger partial charge is 0.480 e. The molecular formula is C49H72N12O12. The molecule has 4 rings (SSSR count). The van der Waals surface area contributed by atoms with Gasteiger partial charge in [-0.1, -0.05) is 56.7 Å². The maximum atomic E-state index is 14.5. The van der Waals surface area contributed by atoms with E-state index in [4.69, 9.17) is 17.2 Å². The van der Waals surface area contributed by atoms with Gasteiger partial charge >= 0.3 is 5.97 Å². The number of unbranched alkanes of at least 4 members (excludes halogenated alkanes) is 2. The lowest BCUT2D eigenvalue weighted by atomic mass is 9.99. The van der Waals surface area contributed by atoms with E-state index >= 15 is 0 Å². The summed E-state index contributed by atoms with van der Waals surface area (Å²) in [7, 11) is 0. The number of hydrogen-bond acceptors (Lipinski definition) is 14. The number of carboxylic acids is 1. The number of H-pyrrole nitrogens is 2. The van der Waals surface area contributed by atoms with E-state index in [1.165, 1.54) is 0 Å². The van der Waals surface area contributed by atoms with Gasteiger partial charge < -0.3 is 84.8 Å². The molecule has 19 N–H and O–H groups in total. The second-order valence-electron chi connectivity index (χ2n) is 18.2. The minimum absolute atomic E-state index is 0.0338. The standard InChI is InChI=1S/C49H72N12O12/c1-27(2)19-36(44(67)58-38(49(72)73)21-29-23-54-34-15-6-4-12-31(29)34)56-45(68)37(20-28-22-53-33-14-5-3-11-30(28)33)57-43(66)35(16-8-10-18-51)55-46(69)40(25-63)60-48(71)41(26-64)61-47(70)39(24-62)59-42(65)32(52)13-7-9-17-50/h3-6,11-12,14-15,22-23,27,32,35-41,53-54,62-64H,7-10,13,16-21,24-26,50-52H2,1-2H3,(H,55,69)(H,56,68)(H,57,66)(H,58,67)(H,59,65)(H,60,71)(H,61,70)(H,72,73)/t32-,35-,36-,37+,38+,39+,40+,41-/m0/s1. The summed E-state index contributed by atoms with van der Waals surface area (Å²) in [6.07, 6.45) is 5.29. The van der Waals surface area contributed by atoms with Crippen LogP contribution in [0.5, 0.6) is 0 Å². The molecular weight excluding hydrogens is 949 g/mol. The van der Waals surface area contributed by atoms with E-state index in [0.717, 1.165) is 21.8 Å². The second kappa shape index (κ2) is 29.5. The molecule has 0 aliphatic carbocycles. The summed E-state index contributed by atoms with van der Waals surface area (Å²) < 4.78 is 0. The van der Waals surface area contributed by atoms with Crippen LogP contribution in [-0.2, 0) is 51.2 Å². The predicted molar refractivity (Wildman–Crippen MR) is 270 cm³/mol. The Kier molecular flexibility index (Phi) is 23.7. The fourth-order valence-electron chi connectivity index (χ4n) is 8.05. The Bertz CT molecular complexity index is 2480. The minimum Gasteiger partial charge on any atom is -0.480 e. The molecule has 2 aromatic heterocycles. The Balaban J connectivity index is 1.53. The van der Waals surface area contributed by atoms with Gasteiger partial charge in [0.15, 0.2) is 0 Å². The monoisotopic (exact) mass is 1020 g/mol. The lowest BCUT2D eigenvalue weighted by Crippen LogP contribution is -2.61. The number of aliphatic hydroxyl groups excluding tert-OH is 3. The first kappa shape index (κ1) is 58.6. The molecule has 2 heterocycles. The van der Waals surface area contributed by atoms with Crippen molar-refractivity contribution in [2.45, 2.75) is 120 Å². The molecule has 0 spiro atoms. The third-order valence-corrected chi connectivity index (χ3v) is 12.1. The normalized spacial score (nSPS) is 14.7. The summed E-state index contributed by atoms with van der Waals surface area (Å²) in [5.74, 6) is -7.96. The number of aliphatic hydroxyl groups is 3. The Morgan fingerprint density at radius 1 is 0.493 bits per heavy atom. The van der Waals surface area contributed by atoms with Crippen LogP contribution in [0.3, 0.4) is 0 Å². The van der Waals surface area contributed by atoms with Crippen molar-refractivity contribution >= 4 is 69.1 Å². The molecule has 8 atom stereocenters. The maximum absolute atomic E-state index is 14.5. The quantitative estimate of drug-likeness (QED) is 0.0225.